The summed E-state index contributed by atoms with van der Waals surface area (Å²) in [6.07, 6.45) is 2.78. The van der Waals surface area contributed by atoms with Crippen LogP contribution in [0.5, 0.6) is 0 Å². The van der Waals surface area contributed by atoms with Gasteiger partial charge in [0.1, 0.15) is 0 Å². The molecule has 1 fully saturated rings. The summed E-state index contributed by atoms with van der Waals surface area (Å²) in [4.78, 5) is 11.9. The first-order chi connectivity index (χ1) is 8.65. The number of amides is 1. The van der Waals surface area contributed by atoms with Crippen molar-refractivity contribution < 1.29 is 4.79 Å². The highest BCUT2D eigenvalue weighted by molar-refractivity contribution is 6.36. The van der Waals surface area contributed by atoms with E-state index in [1.807, 2.05) is 0 Å². The summed E-state index contributed by atoms with van der Waals surface area (Å²) in [5.41, 5.74) is 0.620. The highest BCUT2D eigenvalue weighted by atomic mass is 35.5. The van der Waals surface area contributed by atoms with Crippen molar-refractivity contribution >= 4 is 34.8 Å². The quantitative estimate of drug-likeness (QED) is 0.895. The normalized spacial score (nSPS) is 19.6. The molecule has 1 aliphatic rings. The lowest BCUT2D eigenvalue weighted by molar-refractivity contribution is -0.117. The molecule has 0 spiro atoms. The Bertz CT molecular complexity index is 431. The van der Waals surface area contributed by atoms with Gasteiger partial charge in [-0.3, -0.25) is 4.79 Å². The first kappa shape index (κ1) is 13.7. The molecule has 0 radical (unpaired) electrons. The predicted octanol–water partition coefficient (Wildman–Crippen LogP) is 3.32. The van der Waals surface area contributed by atoms with Gasteiger partial charge in [0.15, 0.2) is 0 Å². The van der Waals surface area contributed by atoms with E-state index in [1.165, 1.54) is 0 Å². The largest absolute Gasteiger partial charge is 0.325 e. The fraction of sp³-hybridized carbons (Fsp3) is 0.462. The Labute approximate surface area is 117 Å². The van der Waals surface area contributed by atoms with Crippen LogP contribution in [0, 0.1) is 5.92 Å². The van der Waals surface area contributed by atoms with Gasteiger partial charge in [0.05, 0.1) is 10.7 Å². The molecule has 1 aromatic rings. The Morgan fingerprint density at radius 1 is 1.44 bits per heavy atom. The number of hydrogen-bond acceptors (Lipinski definition) is 2. The monoisotopic (exact) mass is 286 g/mol. The van der Waals surface area contributed by atoms with Gasteiger partial charge in [-0.05, 0) is 50.0 Å². The van der Waals surface area contributed by atoms with E-state index in [1.54, 1.807) is 18.2 Å². The average Bonchev–Trinajstić information content (AvgIpc) is 2.34. The van der Waals surface area contributed by atoms with Gasteiger partial charge in [-0.1, -0.05) is 23.2 Å². The predicted molar refractivity (Wildman–Crippen MR) is 75.3 cm³/mol. The molecule has 0 aromatic heterocycles. The smallest absolute Gasteiger partial charge is 0.224 e. The van der Waals surface area contributed by atoms with Crippen molar-refractivity contribution in [3.63, 3.8) is 0 Å². The van der Waals surface area contributed by atoms with E-state index in [0.29, 0.717) is 28.1 Å². The number of carbonyl (C=O) groups excluding carboxylic acids is 1. The van der Waals surface area contributed by atoms with Crippen molar-refractivity contribution in [3.8, 4) is 0 Å². The summed E-state index contributed by atoms with van der Waals surface area (Å²) in [5.74, 6) is 0.428. The molecule has 5 heteroatoms. The fourth-order valence-corrected chi connectivity index (χ4v) is 2.61. The molecule has 1 unspecified atom stereocenters. The van der Waals surface area contributed by atoms with E-state index in [2.05, 4.69) is 10.6 Å². The second kappa shape index (κ2) is 6.41. The second-order valence-corrected chi connectivity index (χ2v) is 5.43. The zero-order chi connectivity index (χ0) is 13.0. The van der Waals surface area contributed by atoms with Crippen molar-refractivity contribution in [2.75, 3.05) is 18.4 Å². The van der Waals surface area contributed by atoms with Crippen LogP contribution in [0.15, 0.2) is 18.2 Å². The maximum absolute atomic E-state index is 11.9. The van der Waals surface area contributed by atoms with Gasteiger partial charge in [-0.15, -0.1) is 0 Å². The van der Waals surface area contributed by atoms with Crippen LogP contribution in [0.1, 0.15) is 19.3 Å². The standard InChI is InChI=1S/C13H16Cl2N2O/c14-10-3-4-12(11(15)7-10)17-13(18)6-9-2-1-5-16-8-9/h3-4,7,9,16H,1-2,5-6,8H2,(H,17,18). The Morgan fingerprint density at radius 2 is 2.28 bits per heavy atom. The molecule has 98 valence electrons. The van der Waals surface area contributed by atoms with Crippen molar-refractivity contribution in [1.29, 1.82) is 0 Å². The van der Waals surface area contributed by atoms with Crippen LogP contribution in [-0.2, 0) is 4.79 Å². The number of benzene rings is 1. The lowest BCUT2D eigenvalue weighted by Crippen LogP contribution is -2.32. The van der Waals surface area contributed by atoms with Crippen molar-refractivity contribution in [1.82, 2.24) is 5.32 Å². The molecule has 0 saturated carbocycles. The van der Waals surface area contributed by atoms with E-state index in [4.69, 9.17) is 23.2 Å². The van der Waals surface area contributed by atoms with Gasteiger partial charge in [0, 0.05) is 11.4 Å². The molecule has 1 saturated heterocycles. The van der Waals surface area contributed by atoms with Crippen LogP contribution >= 0.6 is 23.2 Å². The molecular formula is C13H16Cl2N2O. The first-order valence-electron chi connectivity index (χ1n) is 6.11. The molecule has 18 heavy (non-hydrogen) atoms. The van der Waals surface area contributed by atoms with Crippen molar-refractivity contribution in [2.24, 2.45) is 5.92 Å². The molecule has 0 aliphatic carbocycles. The highest BCUT2D eigenvalue weighted by Crippen LogP contribution is 2.26. The SMILES string of the molecule is O=C(CC1CCCNC1)Nc1ccc(Cl)cc1Cl. The number of hydrogen-bond donors (Lipinski definition) is 2. The van der Waals surface area contributed by atoms with E-state index in [9.17, 15) is 4.79 Å². The Morgan fingerprint density at radius 3 is 2.94 bits per heavy atom. The molecule has 1 aromatic carbocycles. The number of carbonyl (C=O) groups is 1. The molecule has 1 atom stereocenters. The summed E-state index contributed by atoms with van der Waals surface area (Å²) in [5, 5.41) is 7.16. The van der Waals surface area contributed by atoms with Gasteiger partial charge in [0.25, 0.3) is 0 Å². The Kier molecular flexibility index (Phi) is 4.87. The molecule has 3 nitrogen and oxygen atoms in total. The van der Waals surface area contributed by atoms with Gasteiger partial charge >= 0.3 is 0 Å². The first-order valence-corrected chi connectivity index (χ1v) is 6.86. The lowest BCUT2D eigenvalue weighted by Gasteiger charge is -2.22. The minimum atomic E-state index is 0.00734. The van der Waals surface area contributed by atoms with Gasteiger partial charge in [-0.25, -0.2) is 0 Å². The van der Waals surface area contributed by atoms with E-state index in [0.717, 1.165) is 25.9 Å². The van der Waals surface area contributed by atoms with Gasteiger partial charge < -0.3 is 10.6 Å². The minimum Gasteiger partial charge on any atom is -0.325 e. The number of anilines is 1. The molecule has 1 aliphatic heterocycles. The molecule has 2 N–H and O–H groups in total. The van der Waals surface area contributed by atoms with Crippen LogP contribution in [0.25, 0.3) is 0 Å². The number of halogens is 2. The van der Waals surface area contributed by atoms with Crippen LogP contribution < -0.4 is 10.6 Å². The number of nitrogens with one attached hydrogen (secondary N) is 2. The topological polar surface area (TPSA) is 41.1 Å². The highest BCUT2D eigenvalue weighted by Gasteiger charge is 2.17. The molecule has 1 heterocycles. The third-order valence-electron chi connectivity index (χ3n) is 3.08. The number of rotatable bonds is 3. The van der Waals surface area contributed by atoms with Crippen LogP contribution in [0.4, 0.5) is 5.69 Å². The fourth-order valence-electron chi connectivity index (χ4n) is 2.15. The summed E-state index contributed by atoms with van der Waals surface area (Å²) < 4.78 is 0. The Balaban J connectivity index is 1.90. The van der Waals surface area contributed by atoms with Crippen LogP contribution in [-0.4, -0.2) is 19.0 Å². The van der Waals surface area contributed by atoms with E-state index >= 15 is 0 Å². The Hall–Kier alpha value is -0.770. The van der Waals surface area contributed by atoms with Crippen LogP contribution in [0.3, 0.4) is 0 Å². The van der Waals surface area contributed by atoms with Gasteiger partial charge in [0.2, 0.25) is 5.91 Å². The maximum Gasteiger partial charge on any atom is 0.224 e. The zero-order valence-electron chi connectivity index (χ0n) is 10.0. The molecule has 2 rings (SSSR count). The zero-order valence-corrected chi connectivity index (χ0v) is 11.5. The van der Waals surface area contributed by atoms with Crippen LogP contribution in [0.2, 0.25) is 10.0 Å². The number of piperidine rings is 1. The van der Waals surface area contributed by atoms with Crippen molar-refractivity contribution in [3.05, 3.63) is 28.2 Å². The molecule has 0 bridgehead atoms. The lowest BCUT2D eigenvalue weighted by atomic mass is 9.96. The average molecular weight is 287 g/mol. The second-order valence-electron chi connectivity index (χ2n) is 4.59. The summed E-state index contributed by atoms with van der Waals surface area (Å²) in [6.45, 7) is 1.98. The van der Waals surface area contributed by atoms with Gasteiger partial charge in [-0.2, -0.15) is 0 Å². The van der Waals surface area contributed by atoms with E-state index < -0.39 is 0 Å². The minimum absolute atomic E-state index is 0.00734. The van der Waals surface area contributed by atoms with Crippen molar-refractivity contribution in [2.45, 2.75) is 19.3 Å². The molecular weight excluding hydrogens is 271 g/mol. The summed E-state index contributed by atoms with van der Waals surface area (Å²) in [7, 11) is 0. The third kappa shape index (κ3) is 3.87. The maximum atomic E-state index is 11.9. The molecule has 1 amide bonds. The van der Waals surface area contributed by atoms with E-state index in [-0.39, 0.29) is 5.91 Å². The summed E-state index contributed by atoms with van der Waals surface area (Å²) >= 11 is 11.8. The summed E-state index contributed by atoms with van der Waals surface area (Å²) in [6, 6.07) is 5.06. The third-order valence-corrected chi connectivity index (χ3v) is 3.63.